The lowest BCUT2D eigenvalue weighted by Gasteiger charge is -2.18. The van der Waals surface area contributed by atoms with Crippen LogP contribution in [0, 0.1) is 5.92 Å². The van der Waals surface area contributed by atoms with Crippen molar-refractivity contribution < 1.29 is 4.74 Å². The SMILES string of the molecule is CCC(C)C(N)COCc1ccccc1. The Morgan fingerprint density at radius 1 is 1.27 bits per heavy atom. The van der Waals surface area contributed by atoms with Gasteiger partial charge in [-0.2, -0.15) is 0 Å². The molecule has 0 amide bonds. The molecular formula is C13H21NO. The zero-order valence-electron chi connectivity index (χ0n) is 9.65. The number of hydrogen-bond acceptors (Lipinski definition) is 2. The minimum absolute atomic E-state index is 0.152. The van der Waals surface area contributed by atoms with Crippen molar-refractivity contribution in [2.75, 3.05) is 6.61 Å². The lowest BCUT2D eigenvalue weighted by molar-refractivity contribution is 0.0947. The van der Waals surface area contributed by atoms with Gasteiger partial charge in [-0.25, -0.2) is 0 Å². The van der Waals surface area contributed by atoms with Crippen molar-refractivity contribution >= 4 is 0 Å². The molecule has 0 aliphatic carbocycles. The molecular weight excluding hydrogens is 186 g/mol. The molecule has 84 valence electrons. The highest BCUT2D eigenvalue weighted by Crippen LogP contribution is 2.07. The molecule has 2 heteroatoms. The summed E-state index contributed by atoms with van der Waals surface area (Å²) in [5.74, 6) is 0.528. The van der Waals surface area contributed by atoms with Gasteiger partial charge in [0.2, 0.25) is 0 Å². The average molecular weight is 207 g/mol. The smallest absolute Gasteiger partial charge is 0.0717 e. The highest BCUT2D eigenvalue weighted by atomic mass is 16.5. The largest absolute Gasteiger partial charge is 0.375 e. The summed E-state index contributed by atoms with van der Waals surface area (Å²) in [4.78, 5) is 0. The normalized spacial score (nSPS) is 14.9. The topological polar surface area (TPSA) is 35.2 Å². The van der Waals surface area contributed by atoms with Crippen LogP contribution >= 0.6 is 0 Å². The highest BCUT2D eigenvalue weighted by Gasteiger charge is 2.10. The zero-order valence-corrected chi connectivity index (χ0v) is 9.65. The van der Waals surface area contributed by atoms with Crippen LogP contribution in [-0.2, 0) is 11.3 Å². The minimum Gasteiger partial charge on any atom is -0.375 e. The second-order valence-corrected chi connectivity index (χ2v) is 4.05. The fourth-order valence-electron chi connectivity index (χ4n) is 1.35. The number of nitrogens with two attached hydrogens (primary N) is 1. The molecule has 1 aromatic rings. The Labute approximate surface area is 92.4 Å². The Bertz CT molecular complexity index is 260. The van der Waals surface area contributed by atoms with E-state index in [2.05, 4.69) is 26.0 Å². The van der Waals surface area contributed by atoms with Gasteiger partial charge in [-0.05, 0) is 11.5 Å². The molecule has 0 spiro atoms. The van der Waals surface area contributed by atoms with E-state index in [9.17, 15) is 0 Å². The maximum atomic E-state index is 5.97. The van der Waals surface area contributed by atoms with Crippen molar-refractivity contribution in [2.24, 2.45) is 11.7 Å². The van der Waals surface area contributed by atoms with E-state index in [1.807, 2.05) is 18.2 Å². The second-order valence-electron chi connectivity index (χ2n) is 4.05. The first-order chi connectivity index (χ1) is 7.24. The lowest BCUT2D eigenvalue weighted by Crippen LogP contribution is -2.32. The molecule has 0 bridgehead atoms. The molecule has 2 unspecified atom stereocenters. The number of benzene rings is 1. The van der Waals surface area contributed by atoms with E-state index < -0.39 is 0 Å². The molecule has 0 heterocycles. The molecule has 0 saturated carbocycles. The molecule has 0 aliphatic rings. The minimum atomic E-state index is 0.152. The summed E-state index contributed by atoms with van der Waals surface area (Å²) in [7, 11) is 0. The molecule has 1 aromatic carbocycles. The second kappa shape index (κ2) is 6.59. The predicted octanol–water partition coefficient (Wildman–Crippen LogP) is 2.58. The van der Waals surface area contributed by atoms with Gasteiger partial charge in [0.15, 0.2) is 0 Å². The Kier molecular flexibility index (Phi) is 5.37. The van der Waals surface area contributed by atoms with Gasteiger partial charge in [0, 0.05) is 6.04 Å². The van der Waals surface area contributed by atoms with Crippen molar-refractivity contribution in [3.05, 3.63) is 35.9 Å². The molecule has 0 aliphatic heterocycles. The van der Waals surface area contributed by atoms with Crippen LogP contribution in [0.15, 0.2) is 30.3 Å². The van der Waals surface area contributed by atoms with Gasteiger partial charge < -0.3 is 10.5 Å². The van der Waals surface area contributed by atoms with Gasteiger partial charge >= 0.3 is 0 Å². The van der Waals surface area contributed by atoms with Crippen LogP contribution in [0.25, 0.3) is 0 Å². The van der Waals surface area contributed by atoms with Gasteiger partial charge in [0.1, 0.15) is 0 Å². The van der Waals surface area contributed by atoms with E-state index in [0.717, 1.165) is 6.42 Å². The average Bonchev–Trinajstić information content (AvgIpc) is 2.29. The van der Waals surface area contributed by atoms with Gasteiger partial charge in [-0.1, -0.05) is 50.6 Å². The standard InChI is InChI=1S/C13H21NO/c1-3-11(2)13(14)10-15-9-12-7-5-4-6-8-12/h4-8,11,13H,3,9-10,14H2,1-2H3. The van der Waals surface area contributed by atoms with Gasteiger partial charge in [-0.3, -0.25) is 0 Å². The maximum absolute atomic E-state index is 5.97. The van der Waals surface area contributed by atoms with Crippen molar-refractivity contribution in [3.8, 4) is 0 Å². The molecule has 15 heavy (non-hydrogen) atoms. The number of rotatable bonds is 6. The van der Waals surface area contributed by atoms with Gasteiger partial charge in [0.25, 0.3) is 0 Å². The van der Waals surface area contributed by atoms with E-state index in [1.54, 1.807) is 0 Å². The van der Waals surface area contributed by atoms with Crippen molar-refractivity contribution in [3.63, 3.8) is 0 Å². The molecule has 2 nitrogen and oxygen atoms in total. The monoisotopic (exact) mass is 207 g/mol. The van der Waals surface area contributed by atoms with E-state index in [-0.39, 0.29) is 6.04 Å². The van der Waals surface area contributed by atoms with E-state index in [1.165, 1.54) is 5.56 Å². The van der Waals surface area contributed by atoms with Gasteiger partial charge in [0.05, 0.1) is 13.2 Å². The van der Waals surface area contributed by atoms with Crippen LogP contribution in [0.3, 0.4) is 0 Å². The van der Waals surface area contributed by atoms with Crippen LogP contribution in [0.1, 0.15) is 25.8 Å². The summed E-state index contributed by atoms with van der Waals surface area (Å²) in [6.07, 6.45) is 1.11. The Balaban J connectivity index is 2.22. The summed E-state index contributed by atoms with van der Waals surface area (Å²) in [6.45, 7) is 5.62. The van der Waals surface area contributed by atoms with E-state index >= 15 is 0 Å². The third kappa shape index (κ3) is 4.45. The number of hydrogen-bond donors (Lipinski definition) is 1. The third-order valence-electron chi connectivity index (χ3n) is 2.80. The first-order valence-corrected chi connectivity index (χ1v) is 5.61. The van der Waals surface area contributed by atoms with Crippen molar-refractivity contribution in [1.82, 2.24) is 0 Å². The predicted molar refractivity (Wildman–Crippen MR) is 63.5 cm³/mol. The van der Waals surface area contributed by atoms with E-state index in [4.69, 9.17) is 10.5 Å². The quantitative estimate of drug-likeness (QED) is 0.778. The van der Waals surface area contributed by atoms with Crippen LogP contribution in [0.5, 0.6) is 0 Å². The molecule has 0 fully saturated rings. The molecule has 0 saturated heterocycles. The maximum Gasteiger partial charge on any atom is 0.0717 e. The fourth-order valence-corrected chi connectivity index (χ4v) is 1.35. The summed E-state index contributed by atoms with van der Waals surface area (Å²) in [5.41, 5.74) is 7.17. The first kappa shape index (κ1) is 12.2. The molecule has 2 N–H and O–H groups in total. The van der Waals surface area contributed by atoms with E-state index in [0.29, 0.717) is 19.1 Å². The summed E-state index contributed by atoms with van der Waals surface area (Å²) >= 11 is 0. The molecule has 2 atom stereocenters. The summed E-state index contributed by atoms with van der Waals surface area (Å²) < 4.78 is 5.58. The number of ether oxygens (including phenoxy) is 1. The Hall–Kier alpha value is -0.860. The Morgan fingerprint density at radius 3 is 2.53 bits per heavy atom. The van der Waals surface area contributed by atoms with Crippen LogP contribution < -0.4 is 5.73 Å². The lowest BCUT2D eigenvalue weighted by atomic mass is 10.0. The summed E-state index contributed by atoms with van der Waals surface area (Å²) in [6, 6.07) is 10.3. The first-order valence-electron chi connectivity index (χ1n) is 5.61. The van der Waals surface area contributed by atoms with Crippen molar-refractivity contribution in [1.29, 1.82) is 0 Å². The highest BCUT2D eigenvalue weighted by molar-refractivity contribution is 5.13. The van der Waals surface area contributed by atoms with Gasteiger partial charge in [-0.15, -0.1) is 0 Å². The van der Waals surface area contributed by atoms with Crippen LogP contribution in [-0.4, -0.2) is 12.6 Å². The van der Waals surface area contributed by atoms with Crippen molar-refractivity contribution in [2.45, 2.75) is 32.9 Å². The fraction of sp³-hybridized carbons (Fsp3) is 0.538. The summed E-state index contributed by atoms with van der Waals surface area (Å²) in [5, 5.41) is 0. The zero-order chi connectivity index (χ0) is 11.1. The van der Waals surface area contributed by atoms with Crippen LogP contribution in [0.4, 0.5) is 0 Å². The molecule has 0 radical (unpaired) electrons. The molecule has 1 rings (SSSR count). The van der Waals surface area contributed by atoms with Crippen LogP contribution in [0.2, 0.25) is 0 Å². The molecule has 0 aromatic heterocycles. The Morgan fingerprint density at radius 2 is 1.93 bits per heavy atom. The third-order valence-corrected chi connectivity index (χ3v) is 2.80.